The van der Waals surface area contributed by atoms with Crippen LogP contribution in [0.1, 0.15) is 27.6 Å². The van der Waals surface area contributed by atoms with Crippen molar-refractivity contribution in [2.75, 3.05) is 7.05 Å². The van der Waals surface area contributed by atoms with Crippen molar-refractivity contribution in [2.45, 2.75) is 19.9 Å². The van der Waals surface area contributed by atoms with Crippen molar-refractivity contribution in [1.29, 1.82) is 0 Å². The molecule has 1 aromatic heterocycles. The molecule has 0 bridgehead atoms. The molecule has 0 aliphatic heterocycles. The molecule has 1 aromatic carbocycles. The average Bonchev–Trinajstić information content (AvgIpc) is 2.67. The Bertz CT molecular complexity index is 590. The number of hydrogen-bond acceptors (Lipinski definition) is 2. The third kappa shape index (κ3) is 3.24. The SMILES string of the molecule is CNC(c1cc(Br)c(Br)s1)c1cc(C)c(Cl)cc1C. The molecule has 2 rings (SSSR count). The Morgan fingerprint density at radius 1 is 1.16 bits per heavy atom. The lowest BCUT2D eigenvalue weighted by molar-refractivity contribution is 0.698. The molecular formula is C14H14Br2ClNS. The van der Waals surface area contributed by atoms with Gasteiger partial charge in [0.2, 0.25) is 0 Å². The first-order valence-corrected chi connectivity index (χ1v) is 8.60. The van der Waals surface area contributed by atoms with Crippen LogP contribution in [0.3, 0.4) is 0 Å². The Balaban J connectivity index is 2.50. The Hall–Kier alpha value is 0.130. The quantitative estimate of drug-likeness (QED) is 0.653. The average molecular weight is 424 g/mol. The largest absolute Gasteiger partial charge is 0.309 e. The lowest BCUT2D eigenvalue weighted by Crippen LogP contribution is -2.17. The Morgan fingerprint density at radius 3 is 2.37 bits per heavy atom. The third-order valence-corrected chi connectivity index (χ3v) is 6.82. The Labute approximate surface area is 139 Å². The maximum Gasteiger partial charge on any atom is 0.0843 e. The van der Waals surface area contributed by atoms with Crippen molar-refractivity contribution in [3.63, 3.8) is 0 Å². The standard InChI is InChI=1S/C14H14Br2ClNS/c1-7-5-11(17)8(2)4-9(7)13(18-3)12-6-10(15)14(16)19-12/h4-6,13,18H,1-3H3. The van der Waals surface area contributed by atoms with Crippen LogP contribution in [0.2, 0.25) is 5.02 Å². The fraction of sp³-hybridized carbons (Fsp3) is 0.286. The fourth-order valence-corrected chi connectivity index (χ4v) is 4.51. The number of halogens is 3. The van der Waals surface area contributed by atoms with Crippen LogP contribution in [0.5, 0.6) is 0 Å². The first-order valence-electron chi connectivity index (χ1n) is 5.82. The highest BCUT2D eigenvalue weighted by Gasteiger charge is 2.18. The molecule has 0 saturated carbocycles. The van der Waals surface area contributed by atoms with Gasteiger partial charge in [-0.1, -0.05) is 17.7 Å². The van der Waals surface area contributed by atoms with Crippen molar-refractivity contribution in [3.8, 4) is 0 Å². The molecule has 19 heavy (non-hydrogen) atoms. The number of thiophene rings is 1. The first kappa shape index (κ1) is 15.5. The van der Waals surface area contributed by atoms with E-state index in [4.69, 9.17) is 11.6 Å². The van der Waals surface area contributed by atoms with E-state index < -0.39 is 0 Å². The Morgan fingerprint density at radius 2 is 1.84 bits per heavy atom. The Kier molecular flexibility index (Phi) is 5.12. The zero-order valence-electron chi connectivity index (χ0n) is 10.9. The van der Waals surface area contributed by atoms with Gasteiger partial charge in [0, 0.05) is 14.4 Å². The summed E-state index contributed by atoms with van der Waals surface area (Å²) in [5.41, 5.74) is 3.58. The van der Waals surface area contributed by atoms with Gasteiger partial charge in [0.15, 0.2) is 0 Å². The van der Waals surface area contributed by atoms with Gasteiger partial charge in [0.25, 0.3) is 0 Å². The van der Waals surface area contributed by atoms with E-state index in [9.17, 15) is 0 Å². The zero-order chi connectivity index (χ0) is 14.2. The molecule has 0 spiro atoms. The predicted octanol–water partition coefficient (Wildman–Crippen LogP) is 5.85. The summed E-state index contributed by atoms with van der Waals surface area (Å²) in [5, 5.41) is 4.21. The summed E-state index contributed by atoms with van der Waals surface area (Å²) in [6, 6.07) is 6.54. The minimum absolute atomic E-state index is 0.184. The van der Waals surface area contributed by atoms with E-state index in [1.807, 2.05) is 20.0 Å². The van der Waals surface area contributed by atoms with Gasteiger partial charge in [-0.3, -0.25) is 0 Å². The first-order chi connectivity index (χ1) is 8.93. The molecule has 1 unspecified atom stereocenters. The monoisotopic (exact) mass is 421 g/mol. The molecule has 1 atom stereocenters. The summed E-state index contributed by atoms with van der Waals surface area (Å²) < 4.78 is 2.21. The van der Waals surface area contributed by atoms with Crippen LogP contribution in [0, 0.1) is 13.8 Å². The van der Waals surface area contributed by atoms with Crippen LogP contribution in [0.15, 0.2) is 26.5 Å². The van der Waals surface area contributed by atoms with Crippen LogP contribution >= 0.6 is 54.8 Å². The molecule has 0 radical (unpaired) electrons. The van der Waals surface area contributed by atoms with Crippen LogP contribution in [-0.4, -0.2) is 7.05 Å². The van der Waals surface area contributed by atoms with E-state index in [2.05, 4.69) is 56.2 Å². The lowest BCUT2D eigenvalue weighted by atomic mass is 9.98. The number of rotatable bonds is 3. The van der Waals surface area contributed by atoms with Gasteiger partial charge in [-0.2, -0.15) is 0 Å². The van der Waals surface area contributed by atoms with E-state index in [-0.39, 0.29) is 6.04 Å². The van der Waals surface area contributed by atoms with Crippen LogP contribution in [-0.2, 0) is 0 Å². The van der Waals surface area contributed by atoms with E-state index >= 15 is 0 Å². The number of aryl methyl sites for hydroxylation is 2. The van der Waals surface area contributed by atoms with Crippen molar-refractivity contribution in [1.82, 2.24) is 5.32 Å². The number of benzene rings is 1. The predicted molar refractivity (Wildman–Crippen MR) is 91.5 cm³/mol. The van der Waals surface area contributed by atoms with Gasteiger partial charge in [0.1, 0.15) is 0 Å². The third-order valence-electron chi connectivity index (χ3n) is 3.10. The molecule has 1 heterocycles. The maximum atomic E-state index is 6.18. The van der Waals surface area contributed by atoms with Gasteiger partial charge in [-0.25, -0.2) is 0 Å². The second kappa shape index (κ2) is 6.27. The summed E-state index contributed by atoms with van der Waals surface area (Å²) in [6.45, 7) is 4.14. The summed E-state index contributed by atoms with van der Waals surface area (Å²) in [6.07, 6.45) is 0. The minimum Gasteiger partial charge on any atom is -0.309 e. The molecule has 5 heteroatoms. The fourth-order valence-electron chi connectivity index (χ4n) is 2.07. The molecule has 1 nitrogen and oxygen atoms in total. The normalized spacial score (nSPS) is 12.7. The second-order valence-electron chi connectivity index (χ2n) is 4.45. The van der Waals surface area contributed by atoms with Crippen molar-refractivity contribution < 1.29 is 0 Å². The van der Waals surface area contributed by atoms with Gasteiger partial charge in [-0.15, -0.1) is 11.3 Å². The van der Waals surface area contributed by atoms with E-state index in [0.717, 1.165) is 18.8 Å². The highest BCUT2D eigenvalue weighted by molar-refractivity contribution is 9.13. The van der Waals surface area contributed by atoms with Gasteiger partial charge < -0.3 is 5.32 Å². The molecule has 0 aliphatic rings. The number of hydrogen-bond donors (Lipinski definition) is 1. The lowest BCUT2D eigenvalue weighted by Gasteiger charge is -2.19. The van der Waals surface area contributed by atoms with Gasteiger partial charge >= 0.3 is 0 Å². The van der Waals surface area contributed by atoms with Crippen molar-refractivity contribution in [2.24, 2.45) is 0 Å². The smallest absolute Gasteiger partial charge is 0.0843 e. The topological polar surface area (TPSA) is 12.0 Å². The molecule has 0 amide bonds. The maximum absolute atomic E-state index is 6.18. The molecule has 0 saturated heterocycles. The second-order valence-corrected chi connectivity index (χ2v) is 8.11. The highest BCUT2D eigenvalue weighted by Crippen LogP contribution is 2.38. The molecule has 102 valence electrons. The van der Waals surface area contributed by atoms with Gasteiger partial charge in [-0.05, 0) is 81.6 Å². The van der Waals surface area contributed by atoms with E-state index in [0.29, 0.717) is 0 Å². The van der Waals surface area contributed by atoms with E-state index in [1.165, 1.54) is 16.0 Å². The molecule has 2 aromatic rings. The summed E-state index contributed by atoms with van der Waals surface area (Å²) in [5.74, 6) is 0. The number of nitrogens with one attached hydrogen (secondary N) is 1. The van der Waals surface area contributed by atoms with Gasteiger partial charge in [0.05, 0.1) is 9.83 Å². The highest BCUT2D eigenvalue weighted by atomic mass is 79.9. The summed E-state index contributed by atoms with van der Waals surface area (Å²) in [4.78, 5) is 1.27. The summed E-state index contributed by atoms with van der Waals surface area (Å²) >= 11 is 15.0. The van der Waals surface area contributed by atoms with E-state index in [1.54, 1.807) is 11.3 Å². The summed E-state index contributed by atoms with van der Waals surface area (Å²) in [7, 11) is 1.98. The van der Waals surface area contributed by atoms with Crippen molar-refractivity contribution >= 4 is 54.8 Å². The molecule has 0 fully saturated rings. The molecular weight excluding hydrogens is 409 g/mol. The molecule has 1 N–H and O–H groups in total. The van der Waals surface area contributed by atoms with Crippen LogP contribution < -0.4 is 5.32 Å². The van der Waals surface area contributed by atoms with Crippen LogP contribution in [0.25, 0.3) is 0 Å². The zero-order valence-corrected chi connectivity index (χ0v) is 15.6. The van der Waals surface area contributed by atoms with Crippen LogP contribution in [0.4, 0.5) is 0 Å². The van der Waals surface area contributed by atoms with Crippen molar-refractivity contribution in [3.05, 3.63) is 53.0 Å². The minimum atomic E-state index is 0.184. The molecule has 0 aliphatic carbocycles.